The minimum atomic E-state index is -3.50. The van der Waals surface area contributed by atoms with E-state index in [4.69, 9.17) is 0 Å². The third kappa shape index (κ3) is 5.55. The molecule has 5 nitrogen and oxygen atoms in total. The maximum Gasteiger partial charge on any atom is 0.236 e. The maximum absolute atomic E-state index is 13.1. The molecule has 1 amide bonds. The molecule has 0 aromatic heterocycles. The van der Waals surface area contributed by atoms with E-state index in [1.165, 1.54) is 9.71 Å². The van der Waals surface area contributed by atoms with E-state index in [2.05, 4.69) is 6.92 Å². The molecule has 29 heavy (non-hydrogen) atoms. The van der Waals surface area contributed by atoms with Crippen LogP contribution < -0.4 is 0 Å². The number of hydrogen-bond acceptors (Lipinski definition) is 3. The average molecular weight is 413 g/mol. The molecule has 0 bridgehead atoms. The van der Waals surface area contributed by atoms with Gasteiger partial charge in [-0.3, -0.25) is 4.79 Å². The highest BCUT2D eigenvalue weighted by Crippen LogP contribution is 2.25. The van der Waals surface area contributed by atoms with Crippen molar-refractivity contribution in [1.29, 1.82) is 0 Å². The van der Waals surface area contributed by atoms with E-state index in [9.17, 15) is 13.2 Å². The van der Waals surface area contributed by atoms with Gasteiger partial charge in [-0.05, 0) is 23.6 Å². The molecule has 2 aromatic carbocycles. The molecule has 0 spiro atoms. The number of sulfonamides is 1. The Morgan fingerprint density at radius 3 is 2.14 bits per heavy atom. The van der Waals surface area contributed by atoms with Crippen LogP contribution in [0.5, 0.6) is 0 Å². The van der Waals surface area contributed by atoms with Crippen molar-refractivity contribution in [1.82, 2.24) is 9.21 Å². The summed E-state index contributed by atoms with van der Waals surface area (Å²) in [5.74, 6) is -0.0720. The normalized spacial score (nSPS) is 16.8. The van der Waals surface area contributed by atoms with Gasteiger partial charge < -0.3 is 4.90 Å². The second-order valence-electron chi connectivity index (χ2n) is 7.23. The smallest absolute Gasteiger partial charge is 0.236 e. The molecule has 1 saturated heterocycles. The van der Waals surface area contributed by atoms with Crippen LogP contribution in [0.15, 0.2) is 66.1 Å². The number of piperazine rings is 1. The Labute approximate surface area is 173 Å². The lowest BCUT2D eigenvalue weighted by Crippen LogP contribution is -2.51. The predicted octanol–water partition coefficient (Wildman–Crippen LogP) is 3.72. The van der Waals surface area contributed by atoms with E-state index >= 15 is 0 Å². The molecule has 1 fully saturated rings. The molecule has 1 unspecified atom stereocenters. The molecule has 3 rings (SSSR count). The van der Waals surface area contributed by atoms with Gasteiger partial charge in [-0.2, -0.15) is 4.31 Å². The lowest BCUT2D eigenvalue weighted by molar-refractivity contribution is -0.134. The Bertz CT molecular complexity index is 919. The van der Waals surface area contributed by atoms with Gasteiger partial charge in [-0.25, -0.2) is 8.42 Å². The SMILES string of the molecule is CCCC(C(=O)N1CCN(S(=O)(=O)/C=C/c2ccccc2)CC1)c1ccccc1. The number of benzene rings is 2. The first-order valence-corrected chi connectivity index (χ1v) is 11.6. The molecule has 0 N–H and O–H groups in total. The fourth-order valence-corrected chi connectivity index (χ4v) is 4.78. The first kappa shape index (κ1) is 21.3. The van der Waals surface area contributed by atoms with Crippen LogP contribution in [0, 0.1) is 0 Å². The number of amides is 1. The van der Waals surface area contributed by atoms with Gasteiger partial charge in [0.25, 0.3) is 0 Å². The summed E-state index contributed by atoms with van der Waals surface area (Å²) in [6.07, 6.45) is 3.32. The van der Waals surface area contributed by atoms with Crippen LogP contribution in [0.25, 0.3) is 6.08 Å². The summed E-state index contributed by atoms with van der Waals surface area (Å²) in [4.78, 5) is 14.9. The average Bonchev–Trinajstić information content (AvgIpc) is 2.77. The largest absolute Gasteiger partial charge is 0.340 e. The number of nitrogens with zero attached hydrogens (tertiary/aromatic N) is 2. The molecule has 2 aromatic rings. The topological polar surface area (TPSA) is 57.7 Å². The molecule has 1 aliphatic heterocycles. The van der Waals surface area contributed by atoms with Crippen molar-refractivity contribution in [3.8, 4) is 0 Å². The summed E-state index contributed by atoms with van der Waals surface area (Å²) in [5.41, 5.74) is 1.87. The minimum Gasteiger partial charge on any atom is -0.340 e. The summed E-state index contributed by atoms with van der Waals surface area (Å²) in [5, 5.41) is 1.25. The van der Waals surface area contributed by atoms with Gasteiger partial charge in [0, 0.05) is 31.6 Å². The standard InChI is InChI=1S/C23H28N2O3S/c1-2-9-22(21-12-7-4-8-13-21)23(26)24-15-17-25(18-16-24)29(27,28)19-14-20-10-5-3-6-11-20/h3-8,10-14,19,22H,2,9,15-18H2,1H3/b19-14+. The first-order chi connectivity index (χ1) is 14.0. The molecular weight excluding hydrogens is 384 g/mol. The van der Waals surface area contributed by atoms with E-state index in [1.807, 2.05) is 60.7 Å². The molecule has 154 valence electrons. The lowest BCUT2D eigenvalue weighted by Gasteiger charge is -2.35. The van der Waals surface area contributed by atoms with E-state index in [-0.39, 0.29) is 11.8 Å². The van der Waals surface area contributed by atoms with Crippen LogP contribution in [-0.4, -0.2) is 49.7 Å². The first-order valence-electron chi connectivity index (χ1n) is 10.1. The van der Waals surface area contributed by atoms with Crippen molar-refractivity contribution in [3.63, 3.8) is 0 Å². The van der Waals surface area contributed by atoms with Crippen molar-refractivity contribution in [3.05, 3.63) is 77.2 Å². The van der Waals surface area contributed by atoms with E-state index < -0.39 is 10.0 Å². The van der Waals surface area contributed by atoms with Crippen molar-refractivity contribution in [2.45, 2.75) is 25.7 Å². The third-order valence-corrected chi connectivity index (χ3v) is 6.78. The summed E-state index contributed by atoms with van der Waals surface area (Å²) in [6, 6.07) is 19.2. The fraction of sp³-hybridized carbons (Fsp3) is 0.348. The summed E-state index contributed by atoms with van der Waals surface area (Å²) in [7, 11) is -3.50. The van der Waals surface area contributed by atoms with Gasteiger partial charge in [-0.1, -0.05) is 74.0 Å². The highest BCUT2D eigenvalue weighted by atomic mass is 32.2. The molecule has 0 saturated carbocycles. The molecule has 6 heteroatoms. The lowest BCUT2D eigenvalue weighted by atomic mass is 9.93. The summed E-state index contributed by atoms with van der Waals surface area (Å²) in [6.45, 7) is 3.56. The summed E-state index contributed by atoms with van der Waals surface area (Å²) < 4.78 is 26.7. The summed E-state index contributed by atoms with van der Waals surface area (Å²) >= 11 is 0. The highest BCUT2D eigenvalue weighted by molar-refractivity contribution is 7.92. The van der Waals surface area contributed by atoms with Crippen LogP contribution in [0.1, 0.15) is 36.8 Å². The van der Waals surface area contributed by atoms with Crippen molar-refractivity contribution < 1.29 is 13.2 Å². The predicted molar refractivity (Wildman–Crippen MR) is 117 cm³/mol. The quantitative estimate of drug-likeness (QED) is 0.696. The zero-order valence-electron chi connectivity index (χ0n) is 16.8. The Balaban J connectivity index is 1.63. The monoisotopic (exact) mass is 412 g/mol. The second-order valence-corrected chi connectivity index (χ2v) is 9.05. The van der Waals surface area contributed by atoms with Crippen molar-refractivity contribution >= 4 is 22.0 Å². The van der Waals surface area contributed by atoms with E-state index in [0.29, 0.717) is 26.2 Å². The Morgan fingerprint density at radius 1 is 0.966 bits per heavy atom. The fourth-order valence-electron chi connectivity index (χ4n) is 3.60. The molecule has 1 aliphatic rings. The van der Waals surface area contributed by atoms with E-state index in [1.54, 1.807) is 11.0 Å². The Morgan fingerprint density at radius 2 is 1.55 bits per heavy atom. The number of rotatable bonds is 7. The third-order valence-electron chi connectivity index (χ3n) is 5.22. The van der Waals surface area contributed by atoms with Gasteiger partial charge in [0.2, 0.25) is 15.9 Å². The van der Waals surface area contributed by atoms with Gasteiger partial charge in [0.15, 0.2) is 0 Å². The molecule has 0 radical (unpaired) electrons. The number of hydrogen-bond donors (Lipinski definition) is 0. The van der Waals surface area contributed by atoms with Crippen LogP contribution in [0.2, 0.25) is 0 Å². The van der Waals surface area contributed by atoms with Gasteiger partial charge in [-0.15, -0.1) is 0 Å². The Kier molecular flexibility index (Phi) is 7.23. The molecule has 1 heterocycles. The minimum absolute atomic E-state index is 0.0925. The van der Waals surface area contributed by atoms with Crippen LogP contribution >= 0.6 is 0 Å². The van der Waals surface area contributed by atoms with Crippen LogP contribution in [0.4, 0.5) is 0 Å². The highest BCUT2D eigenvalue weighted by Gasteiger charge is 2.31. The number of carbonyl (C=O) groups excluding carboxylic acids is 1. The maximum atomic E-state index is 13.1. The Hall–Kier alpha value is -2.44. The molecule has 1 atom stereocenters. The molecular formula is C23H28N2O3S. The van der Waals surface area contributed by atoms with Crippen LogP contribution in [-0.2, 0) is 14.8 Å². The zero-order valence-corrected chi connectivity index (χ0v) is 17.6. The van der Waals surface area contributed by atoms with E-state index in [0.717, 1.165) is 24.0 Å². The zero-order chi connectivity index (χ0) is 20.7. The second kappa shape index (κ2) is 9.85. The van der Waals surface area contributed by atoms with Gasteiger partial charge >= 0.3 is 0 Å². The van der Waals surface area contributed by atoms with Gasteiger partial charge in [0.05, 0.1) is 5.92 Å². The van der Waals surface area contributed by atoms with Crippen molar-refractivity contribution in [2.75, 3.05) is 26.2 Å². The number of carbonyl (C=O) groups is 1. The van der Waals surface area contributed by atoms with Crippen molar-refractivity contribution in [2.24, 2.45) is 0 Å². The molecule has 0 aliphatic carbocycles. The van der Waals surface area contributed by atoms with Crippen LogP contribution in [0.3, 0.4) is 0 Å². The van der Waals surface area contributed by atoms with Gasteiger partial charge in [0.1, 0.15) is 0 Å².